The number of para-hydroxylation sites is 2. The van der Waals surface area contributed by atoms with Gasteiger partial charge in [0, 0.05) is 22.4 Å². The van der Waals surface area contributed by atoms with Crippen LogP contribution in [0, 0.1) is 0 Å². The average molecular weight is 472 g/mol. The van der Waals surface area contributed by atoms with Crippen LogP contribution in [-0.4, -0.2) is 4.57 Å². The van der Waals surface area contributed by atoms with Crippen molar-refractivity contribution in [3.8, 4) is 5.69 Å². The van der Waals surface area contributed by atoms with Crippen LogP contribution in [0.25, 0.3) is 49.9 Å². The van der Waals surface area contributed by atoms with Crippen LogP contribution in [0.1, 0.15) is 29.0 Å². The fraction of sp³-hybridized carbons (Fsp3) is 0.0556. The third-order valence-corrected chi connectivity index (χ3v) is 8.17. The molecule has 2 aliphatic rings. The summed E-state index contributed by atoms with van der Waals surface area (Å²) < 4.78 is 2.40. The molecule has 0 radical (unpaired) electrons. The molecule has 0 saturated heterocycles. The average Bonchev–Trinajstić information content (AvgIpc) is 3.32. The Balaban J connectivity index is 1.33. The summed E-state index contributed by atoms with van der Waals surface area (Å²) in [7, 11) is 0. The van der Waals surface area contributed by atoms with Gasteiger partial charge in [0.2, 0.25) is 0 Å². The normalized spacial score (nSPS) is 16.5. The van der Waals surface area contributed by atoms with Gasteiger partial charge in [0.25, 0.3) is 0 Å². The zero-order valence-corrected chi connectivity index (χ0v) is 20.4. The van der Waals surface area contributed by atoms with Gasteiger partial charge < -0.3 is 4.57 Å². The summed E-state index contributed by atoms with van der Waals surface area (Å²) >= 11 is 0. The van der Waals surface area contributed by atoms with Gasteiger partial charge in [-0.2, -0.15) is 0 Å². The summed E-state index contributed by atoms with van der Waals surface area (Å²) in [5.74, 6) is 0.424. The van der Waals surface area contributed by atoms with E-state index in [1.54, 1.807) is 0 Å². The predicted molar refractivity (Wildman–Crippen MR) is 157 cm³/mol. The van der Waals surface area contributed by atoms with Crippen LogP contribution in [0.15, 0.2) is 133 Å². The third-order valence-electron chi connectivity index (χ3n) is 8.17. The van der Waals surface area contributed by atoms with E-state index in [1.165, 1.54) is 66.1 Å². The van der Waals surface area contributed by atoms with Gasteiger partial charge in [-0.05, 0) is 75.4 Å². The Morgan fingerprint density at radius 3 is 2.38 bits per heavy atom. The lowest BCUT2D eigenvalue weighted by molar-refractivity contribution is 0.823. The molecule has 0 bridgehead atoms. The molecule has 0 spiro atoms. The number of aromatic nitrogens is 1. The van der Waals surface area contributed by atoms with Gasteiger partial charge in [-0.25, -0.2) is 0 Å². The molecule has 6 aromatic rings. The molecule has 1 atom stereocenters. The van der Waals surface area contributed by atoms with Gasteiger partial charge >= 0.3 is 0 Å². The van der Waals surface area contributed by atoms with Crippen molar-refractivity contribution in [1.82, 2.24) is 4.57 Å². The molecule has 37 heavy (non-hydrogen) atoms. The highest BCUT2D eigenvalue weighted by atomic mass is 15.0. The summed E-state index contributed by atoms with van der Waals surface area (Å²) in [5, 5.41) is 5.24. The van der Waals surface area contributed by atoms with Gasteiger partial charge in [0.1, 0.15) is 0 Å². The van der Waals surface area contributed by atoms with Gasteiger partial charge in [-0.15, -0.1) is 0 Å². The van der Waals surface area contributed by atoms with E-state index >= 15 is 0 Å². The maximum Gasteiger partial charge on any atom is 0.0547 e. The van der Waals surface area contributed by atoms with Crippen LogP contribution in [0.2, 0.25) is 0 Å². The molecule has 1 aromatic heterocycles. The second-order valence-electron chi connectivity index (χ2n) is 10.2. The molecular formula is C36H25N. The first-order chi connectivity index (χ1) is 18.3. The zero-order valence-electron chi connectivity index (χ0n) is 20.4. The molecule has 1 nitrogen and oxygen atoms in total. The molecule has 174 valence electrons. The topological polar surface area (TPSA) is 4.93 Å². The molecule has 0 N–H and O–H groups in total. The van der Waals surface area contributed by atoms with E-state index in [-0.39, 0.29) is 0 Å². The lowest BCUT2D eigenvalue weighted by Gasteiger charge is -2.28. The number of allylic oxidation sites excluding steroid dienone is 5. The first kappa shape index (κ1) is 20.6. The molecule has 1 heterocycles. The van der Waals surface area contributed by atoms with E-state index in [9.17, 15) is 0 Å². The molecule has 1 heteroatoms. The number of benzene rings is 5. The number of rotatable bonds is 2. The summed E-state index contributed by atoms with van der Waals surface area (Å²) in [6.07, 6.45) is 10.2. The highest BCUT2D eigenvalue weighted by Gasteiger charge is 2.25. The van der Waals surface area contributed by atoms with Crippen LogP contribution >= 0.6 is 0 Å². The number of fused-ring (bicyclic) bond motifs is 8. The maximum absolute atomic E-state index is 2.43. The van der Waals surface area contributed by atoms with Gasteiger partial charge in [-0.3, -0.25) is 0 Å². The molecular weight excluding hydrogens is 446 g/mol. The molecule has 0 aliphatic heterocycles. The second-order valence-corrected chi connectivity index (χ2v) is 10.2. The van der Waals surface area contributed by atoms with Crippen molar-refractivity contribution in [2.75, 3.05) is 0 Å². The minimum absolute atomic E-state index is 0.424. The van der Waals surface area contributed by atoms with E-state index in [4.69, 9.17) is 0 Å². The van der Waals surface area contributed by atoms with E-state index < -0.39 is 0 Å². The van der Waals surface area contributed by atoms with Crippen molar-refractivity contribution in [3.63, 3.8) is 0 Å². The van der Waals surface area contributed by atoms with Gasteiger partial charge in [0.05, 0.1) is 11.0 Å². The van der Waals surface area contributed by atoms with E-state index in [1.807, 2.05) is 0 Å². The van der Waals surface area contributed by atoms with Crippen LogP contribution in [0.3, 0.4) is 0 Å². The maximum atomic E-state index is 2.43. The Kier molecular flexibility index (Phi) is 4.41. The minimum Gasteiger partial charge on any atom is -0.309 e. The third kappa shape index (κ3) is 3.11. The first-order valence-corrected chi connectivity index (χ1v) is 13.0. The van der Waals surface area contributed by atoms with E-state index in [0.717, 1.165) is 6.42 Å². The fourth-order valence-electron chi connectivity index (χ4n) is 6.40. The standard InChI is InChI=1S/C36H25N/c1-2-9-29(10-3-1)37-34-13-7-6-12-31(34)36-33-23-28(19-17-26(33)20-21-35(36)37)27-18-16-25-15-14-24-8-4-5-11-30(24)32(25)22-27/h1-21,23,32H,22H2. The number of nitrogens with zero attached hydrogens (tertiary/aromatic N) is 1. The van der Waals surface area contributed by atoms with Crippen molar-refractivity contribution in [1.29, 1.82) is 0 Å². The molecule has 1 unspecified atom stereocenters. The Morgan fingerprint density at radius 2 is 1.43 bits per heavy atom. The van der Waals surface area contributed by atoms with Gasteiger partial charge in [-0.1, -0.05) is 103 Å². The molecule has 0 saturated carbocycles. The Bertz CT molecular complexity index is 1950. The van der Waals surface area contributed by atoms with E-state index in [0.29, 0.717) is 5.92 Å². The van der Waals surface area contributed by atoms with Crippen molar-refractivity contribution in [2.24, 2.45) is 0 Å². The van der Waals surface area contributed by atoms with Crippen LogP contribution in [0.5, 0.6) is 0 Å². The lowest BCUT2D eigenvalue weighted by Crippen LogP contribution is -2.10. The molecule has 2 aliphatic carbocycles. The highest BCUT2D eigenvalue weighted by Crippen LogP contribution is 2.44. The fourth-order valence-corrected chi connectivity index (χ4v) is 6.40. The quantitative estimate of drug-likeness (QED) is 0.237. The van der Waals surface area contributed by atoms with Crippen molar-refractivity contribution >= 4 is 44.2 Å². The largest absolute Gasteiger partial charge is 0.309 e. The monoisotopic (exact) mass is 471 g/mol. The van der Waals surface area contributed by atoms with Crippen LogP contribution in [-0.2, 0) is 0 Å². The molecule has 0 amide bonds. The van der Waals surface area contributed by atoms with Crippen LogP contribution in [0.4, 0.5) is 0 Å². The summed E-state index contributed by atoms with van der Waals surface area (Å²) in [6.45, 7) is 0. The number of hydrogen-bond donors (Lipinski definition) is 0. The minimum atomic E-state index is 0.424. The summed E-state index contributed by atoms with van der Waals surface area (Å²) in [6, 6.07) is 39.9. The van der Waals surface area contributed by atoms with Crippen molar-refractivity contribution < 1.29 is 0 Å². The second kappa shape index (κ2) is 7.94. The smallest absolute Gasteiger partial charge is 0.0547 e. The van der Waals surface area contributed by atoms with Gasteiger partial charge in [0.15, 0.2) is 0 Å². The Hall–Kier alpha value is -4.62. The lowest BCUT2D eigenvalue weighted by atomic mass is 9.76. The van der Waals surface area contributed by atoms with Crippen LogP contribution < -0.4 is 0 Å². The Labute approximate surface area is 216 Å². The predicted octanol–water partition coefficient (Wildman–Crippen LogP) is 9.46. The molecule has 5 aromatic carbocycles. The summed E-state index contributed by atoms with van der Waals surface area (Å²) in [5.41, 5.74) is 10.6. The number of hydrogen-bond acceptors (Lipinski definition) is 0. The summed E-state index contributed by atoms with van der Waals surface area (Å²) in [4.78, 5) is 0. The Morgan fingerprint density at radius 1 is 0.622 bits per heavy atom. The molecule has 0 fully saturated rings. The van der Waals surface area contributed by atoms with E-state index in [2.05, 4.69) is 138 Å². The van der Waals surface area contributed by atoms with Crippen molar-refractivity contribution in [2.45, 2.75) is 12.3 Å². The molecule has 8 rings (SSSR count). The first-order valence-electron chi connectivity index (χ1n) is 13.0. The zero-order chi connectivity index (χ0) is 24.3. The SMILES string of the molecule is C1=Cc2ccccc2C2CC(c3ccc4ccc5c(c4c3)c3ccccc3n5-c3ccccc3)=CC=C12. The van der Waals surface area contributed by atoms with Crippen molar-refractivity contribution in [3.05, 3.63) is 150 Å². The highest BCUT2D eigenvalue weighted by molar-refractivity contribution is 6.21.